The number of benzene rings is 3. The fourth-order valence-corrected chi connectivity index (χ4v) is 4.27. The molecule has 1 fully saturated rings. The standard InChI is InChI=1S/C28H30N4O4.C2HF3O2/c1-19-7-9-21(10-8-19)29-26(33)18-31-13-15-32(16-14-31)25-12-11-22(17-24(25)28(35)36)30-27(34)23-6-4-3-5-20(23)2;3-2(4,5)1(6)7/h3-12,17H,13-16,18H2,1-2H3,(H,29,33)(H,30,34)(H,35,36);(H,6,7). The molecule has 10 nitrogen and oxygen atoms in total. The van der Waals surface area contributed by atoms with Crippen molar-refractivity contribution in [3.63, 3.8) is 0 Å². The summed E-state index contributed by atoms with van der Waals surface area (Å²) in [6.07, 6.45) is -5.08. The van der Waals surface area contributed by atoms with Crippen molar-refractivity contribution in [1.82, 2.24) is 4.90 Å². The van der Waals surface area contributed by atoms with Gasteiger partial charge in [0.1, 0.15) is 0 Å². The first-order chi connectivity index (χ1) is 20.2. The quantitative estimate of drug-likeness (QED) is 0.308. The maximum atomic E-state index is 12.6. The number of rotatable bonds is 7. The summed E-state index contributed by atoms with van der Waals surface area (Å²) < 4.78 is 31.7. The van der Waals surface area contributed by atoms with Crippen molar-refractivity contribution in [1.29, 1.82) is 0 Å². The number of hydrogen-bond donors (Lipinski definition) is 4. The van der Waals surface area contributed by atoms with Crippen LogP contribution in [0.5, 0.6) is 0 Å². The number of alkyl halides is 3. The molecule has 0 bridgehead atoms. The van der Waals surface area contributed by atoms with Crippen LogP contribution in [0.1, 0.15) is 31.8 Å². The van der Waals surface area contributed by atoms with Crippen molar-refractivity contribution in [2.24, 2.45) is 0 Å². The number of aromatic carboxylic acids is 1. The Morgan fingerprint density at radius 2 is 1.37 bits per heavy atom. The number of aryl methyl sites for hydroxylation is 2. The van der Waals surface area contributed by atoms with Crippen LogP contribution >= 0.6 is 0 Å². The Kier molecular flexibility index (Phi) is 10.9. The van der Waals surface area contributed by atoms with Crippen molar-refractivity contribution in [3.8, 4) is 0 Å². The molecule has 1 heterocycles. The number of carboxylic acid groups (broad SMARTS) is 2. The van der Waals surface area contributed by atoms with Gasteiger partial charge in [-0.25, -0.2) is 9.59 Å². The SMILES string of the molecule is Cc1ccc(NC(=O)CN2CCN(c3ccc(NC(=O)c4ccccc4C)cc3C(=O)O)CC2)cc1.O=C(O)C(F)(F)F. The lowest BCUT2D eigenvalue weighted by atomic mass is 10.1. The van der Waals surface area contributed by atoms with Gasteiger partial charge in [0, 0.05) is 43.1 Å². The molecule has 2 amide bonds. The van der Waals surface area contributed by atoms with E-state index in [1.54, 1.807) is 24.3 Å². The molecule has 3 aromatic carbocycles. The molecule has 0 unspecified atom stereocenters. The Morgan fingerprint density at radius 3 is 1.93 bits per heavy atom. The molecule has 0 aromatic heterocycles. The number of aliphatic carboxylic acids is 1. The fraction of sp³-hybridized carbons (Fsp3) is 0.267. The largest absolute Gasteiger partial charge is 0.490 e. The van der Waals surface area contributed by atoms with Crippen molar-refractivity contribution in [2.45, 2.75) is 20.0 Å². The second-order valence-electron chi connectivity index (χ2n) is 9.79. The number of carbonyl (C=O) groups is 4. The summed E-state index contributed by atoms with van der Waals surface area (Å²) in [5, 5.41) is 22.7. The van der Waals surface area contributed by atoms with Crippen LogP contribution in [-0.4, -0.2) is 77.8 Å². The molecule has 0 spiro atoms. The smallest absolute Gasteiger partial charge is 0.478 e. The first-order valence-corrected chi connectivity index (χ1v) is 13.1. The maximum absolute atomic E-state index is 12.6. The van der Waals surface area contributed by atoms with E-state index in [0.29, 0.717) is 43.1 Å². The molecule has 0 radical (unpaired) electrons. The number of amides is 2. The van der Waals surface area contributed by atoms with Gasteiger partial charge in [0.15, 0.2) is 0 Å². The van der Waals surface area contributed by atoms with Gasteiger partial charge in [0.05, 0.1) is 17.8 Å². The van der Waals surface area contributed by atoms with E-state index < -0.39 is 18.1 Å². The Balaban J connectivity index is 0.000000646. The number of nitrogens with one attached hydrogen (secondary N) is 2. The van der Waals surface area contributed by atoms with Crippen LogP contribution in [0.2, 0.25) is 0 Å². The molecule has 43 heavy (non-hydrogen) atoms. The van der Waals surface area contributed by atoms with Crippen LogP contribution in [0.4, 0.5) is 30.2 Å². The number of anilines is 3. The second kappa shape index (κ2) is 14.3. The summed E-state index contributed by atoms with van der Waals surface area (Å²) in [6, 6.07) is 19.9. The van der Waals surface area contributed by atoms with Crippen LogP contribution in [0.25, 0.3) is 0 Å². The van der Waals surface area contributed by atoms with E-state index >= 15 is 0 Å². The van der Waals surface area contributed by atoms with Crippen LogP contribution in [-0.2, 0) is 9.59 Å². The zero-order valence-corrected chi connectivity index (χ0v) is 23.4. The second-order valence-corrected chi connectivity index (χ2v) is 9.79. The lowest BCUT2D eigenvalue weighted by Gasteiger charge is -2.36. The highest BCUT2D eigenvalue weighted by Crippen LogP contribution is 2.26. The molecule has 0 saturated carbocycles. The van der Waals surface area contributed by atoms with Crippen LogP contribution in [0, 0.1) is 13.8 Å². The molecule has 13 heteroatoms. The summed E-state index contributed by atoms with van der Waals surface area (Å²) in [5.74, 6) is -4.17. The van der Waals surface area contributed by atoms with Crippen molar-refractivity contribution < 1.29 is 42.6 Å². The molecule has 3 aromatic rings. The predicted octanol–water partition coefficient (Wildman–Crippen LogP) is 4.65. The average Bonchev–Trinajstić information content (AvgIpc) is 2.94. The Labute approximate surface area is 245 Å². The van der Waals surface area contributed by atoms with Gasteiger partial charge in [-0.05, 0) is 55.8 Å². The van der Waals surface area contributed by atoms with Gasteiger partial charge in [-0.3, -0.25) is 14.5 Å². The van der Waals surface area contributed by atoms with E-state index in [1.807, 2.05) is 55.1 Å². The van der Waals surface area contributed by atoms with Gasteiger partial charge in [-0.2, -0.15) is 13.2 Å². The summed E-state index contributed by atoms with van der Waals surface area (Å²) in [6.45, 7) is 6.57. The molecular formula is C30H31F3N4O6. The van der Waals surface area contributed by atoms with Gasteiger partial charge in [-0.1, -0.05) is 35.9 Å². The third kappa shape index (κ3) is 9.57. The molecule has 1 aliphatic rings. The van der Waals surface area contributed by atoms with Crippen LogP contribution in [0.3, 0.4) is 0 Å². The van der Waals surface area contributed by atoms with E-state index in [2.05, 4.69) is 15.5 Å². The molecule has 1 saturated heterocycles. The minimum Gasteiger partial charge on any atom is -0.478 e. The molecule has 228 valence electrons. The fourth-order valence-electron chi connectivity index (χ4n) is 4.27. The molecular weight excluding hydrogens is 569 g/mol. The van der Waals surface area contributed by atoms with Gasteiger partial charge in [-0.15, -0.1) is 0 Å². The summed E-state index contributed by atoms with van der Waals surface area (Å²) in [5.41, 5.74) is 4.44. The molecule has 4 rings (SSSR count). The number of piperazine rings is 1. The lowest BCUT2D eigenvalue weighted by Crippen LogP contribution is -2.49. The third-order valence-electron chi connectivity index (χ3n) is 6.53. The Bertz CT molecular complexity index is 1470. The van der Waals surface area contributed by atoms with Crippen molar-refractivity contribution in [2.75, 3.05) is 48.3 Å². The van der Waals surface area contributed by atoms with Gasteiger partial charge < -0.3 is 25.7 Å². The van der Waals surface area contributed by atoms with Crippen molar-refractivity contribution >= 4 is 40.8 Å². The number of nitrogens with zero attached hydrogens (tertiary/aromatic N) is 2. The Hall–Kier alpha value is -4.91. The predicted molar refractivity (Wildman–Crippen MR) is 155 cm³/mol. The van der Waals surface area contributed by atoms with Gasteiger partial charge in [0.25, 0.3) is 5.91 Å². The average molecular weight is 601 g/mol. The van der Waals surface area contributed by atoms with Crippen molar-refractivity contribution in [3.05, 3.63) is 89.0 Å². The highest BCUT2D eigenvalue weighted by molar-refractivity contribution is 6.06. The molecule has 0 atom stereocenters. The summed E-state index contributed by atoms with van der Waals surface area (Å²) in [7, 11) is 0. The van der Waals surface area contributed by atoms with E-state index in [1.165, 1.54) is 6.07 Å². The van der Waals surface area contributed by atoms with E-state index in [9.17, 15) is 32.7 Å². The van der Waals surface area contributed by atoms with E-state index in [0.717, 1.165) is 16.8 Å². The number of hydrogen-bond acceptors (Lipinski definition) is 6. The normalized spacial score (nSPS) is 13.4. The molecule has 0 aliphatic carbocycles. The van der Waals surface area contributed by atoms with Gasteiger partial charge in [0.2, 0.25) is 5.91 Å². The minimum absolute atomic E-state index is 0.0766. The molecule has 1 aliphatic heterocycles. The topological polar surface area (TPSA) is 139 Å². The zero-order chi connectivity index (χ0) is 31.7. The highest BCUT2D eigenvalue weighted by Gasteiger charge is 2.38. The number of carboxylic acids is 2. The molecule has 4 N–H and O–H groups in total. The highest BCUT2D eigenvalue weighted by atomic mass is 19.4. The third-order valence-corrected chi connectivity index (χ3v) is 6.53. The first kappa shape index (κ1) is 32.6. The van der Waals surface area contributed by atoms with E-state index in [-0.39, 0.29) is 23.9 Å². The van der Waals surface area contributed by atoms with Crippen LogP contribution < -0.4 is 15.5 Å². The summed E-state index contributed by atoms with van der Waals surface area (Å²) >= 11 is 0. The summed E-state index contributed by atoms with van der Waals surface area (Å²) in [4.78, 5) is 50.1. The van der Waals surface area contributed by atoms with E-state index in [4.69, 9.17) is 9.90 Å². The Morgan fingerprint density at radius 1 is 0.791 bits per heavy atom. The monoisotopic (exact) mass is 600 g/mol. The zero-order valence-electron chi connectivity index (χ0n) is 23.4. The maximum Gasteiger partial charge on any atom is 0.490 e. The van der Waals surface area contributed by atoms with Gasteiger partial charge >= 0.3 is 18.1 Å². The minimum atomic E-state index is -5.08. The first-order valence-electron chi connectivity index (χ1n) is 13.1. The number of halogens is 3. The van der Waals surface area contributed by atoms with Crippen LogP contribution in [0.15, 0.2) is 66.7 Å². The lowest BCUT2D eigenvalue weighted by molar-refractivity contribution is -0.192. The number of carbonyl (C=O) groups excluding carboxylic acids is 2.